The van der Waals surface area contributed by atoms with Gasteiger partial charge in [0.1, 0.15) is 0 Å². The van der Waals surface area contributed by atoms with Crippen LogP contribution in [0.15, 0.2) is 24.5 Å². The molecular weight excluding hydrogens is 260 g/mol. The Morgan fingerprint density at radius 2 is 2.42 bits per heavy atom. The van der Waals surface area contributed by atoms with Crippen molar-refractivity contribution in [2.24, 2.45) is 5.92 Å². The maximum Gasteiger partial charge on any atom is 0.222 e. The van der Waals surface area contributed by atoms with E-state index in [2.05, 4.69) is 4.98 Å². The molecule has 1 aromatic heterocycles. The molecule has 0 aromatic carbocycles. The van der Waals surface area contributed by atoms with Crippen LogP contribution in [0.25, 0.3) is 0 Å². The largest absolute Gasteiger partial charge is 0.342 e. The predicted molar refractivity (Wildman–Crippen MR) is 75.8 cm³/mol. The van der Waals surface area contributed by atoms with Gasteiger partial charge < -0.3 is 4.90 Å². The van der Waals surface area contributed by atoms with Gasteiger partial charge in [0.05, 0.1) is 0 Å². The molecule has 0 N–H and O–H groups in total. The predicted octanol–water partition coefficient (Wildman–Crippen LogP) is 1.75. The van der Waals surface area contributed by atoms with Crippen LogP contribution in [-0.2, 0) is 16.0 Å². The molecule has 1 amide bonds. The Morgan fingerprint density at radius 1 is 1.58 bits per heavy atom. The molecule has 1 aromatic rings. The zero-order valence-corrected chi connectivity index (χ0v) is 11.9. The number of carbonyl (C=O) groups excluding carboxylic acids is 2. The molecule has 0 spiro atoms. The van der Waals surface area contributed by atoms with Crippen LogP contribution in [0.5, 0.6) is 0 Å². The summed E-state index contributed by atoms with van der Waals surface area (Å²) >= 11 is 1.32. The SMILES string of the molecule is CC(=O)SCC1CC(=O)N(CCc2cccnc2)C1. The summed E-state index contributed by atoms with van der Waals surface area (Å²) in [5.41, 5.74) is 1.15. The first kappa shape index (κ1) is 14.1. The van der Waals surface area contributed by atoms with E-state index in [9.17, 15) is 9.59 Å². The van der Waals surface area contributed by atoms with E-state index in [1.807, 2.05) is 23.2 Å². The maximum absolute atomic E-state index is 11.9. The molecule has 0 saturated carbocycles. The second kappa shape index (κ2) is 6.70. The number of amides is 1. The van der Waals surface area contributed by atoms with E-state index >= 15 is 0 Å². The number of aromatic nitrogens is 1. The molecule has 1 aliphatic rings. The summed E-state index contributed by atoms with van der Waals surface area (Å²) in [4.78, 5) is 28.8. The fourth-order valence-electron chi connectivity index (χ4n) is 2.23. The summed E-state index contributed by atoms with van der Waals surface area (Å²) in [7, 11) is 0. The molecule has 2 rings (SSSR count). The topological polar surface area (TPSA) is 50.3 Å². The van der Waals surface area contributed by atoms with Gasteiger partial charge in [-0.25, -0.2) is 0 Å². The summed E-state index contributed by atoms with van der Waals surface area (Å²) < 4.78 is 0. The Labute approximate surface area is 117 Å². The minimum atomic E-state index is 0.126. The van der Waals surface area contributed by atoms with Gasteiger partial charge in [0.25, 0.3) is 0 Å². The van der Waals surface area contributed by atoms with Gasteiger partial charge in [-0.2, -0.15) is 0 Å². The van der Waals surface area contributed by atoms with Crippen molar-refractivity contribution >= 4 is 22.8 Å². The molecule has 4 nitrogen and oxygen atoms in total. The smallest absolute Gasteiger partial charge is 0.222 e. The van der Waals surface area contributed by atoms with Crippen LogP contribution in [0.4, 0.5) is 0 Å². The normalized spacial score (nSPS) is 18.9. The fourth-order valence-corrected chi connectivity index (χ4v) is 2.92. The third kappa shape index (κ3) is 4.35. The van der Waals surface area contributed by atoms with Crippen molar-refractivity contribution in [1.82, 2.24) is 9.88 Å². The van der Waals surface area contributed by atoms with Gasteiger partial charge in [-0.1, -0.05) is 17.8 Å². The van der Waals surface area contributed by atoms with Crippen molar-refractivity contribution in [1.29, 1.82) is 0 Å². The van der Waals surface area contributed by atoms with Crippen molar-refractivity contribution in [3.63, 3.8) is 0 Å². The van der Waals surface area contributed by atoms with Crippen molar-refractivity contribution in [3.05, 3.63) is 30.1 Å². The van der Waals surface area contributed by atoms with Gasteiger partial charge >= 0.3 is 0 Å². The van der Waals surface area contributed by atoms with Gasteiger partial charge in [-0.3, -0.25) is 14.6 Å². The van der Waals surface area contributed by atoms with Crippen molar-refractivity contribution in [3.8, 4) is 0 Å². The van der Waals surface area contributed by atoms with Crippen molar-refractivity contribution < 1.29 is 9.59 Å². The molecule has 0 aliphatic carbocycles. The van der Waals surface area contributed by atoms with E-state index in [-0.39, 0.29) is 11.0 Å². The maximum atomic E-state index is 11.9. The van der Waals surface area contributed by atoms with Crippen LogP contribution < -0.4 is 0 Å². The Hall–Kier alpha value is -1.36. The number of rotatable bonds is 5. The molecule has 0 bridgehead atoms. The third-order valence-corrected chi connectivity index (χ3v) is 4.25. The first-order chi connectivity index (χ1) is 9.15. The number of hydrogen-bond acceptors (Lipinski definition) is 4. The van der Waals surface area contributed by atoms with Crippen molar-refractivity contribution in [2.75, 3.05) is 18.8 Å². The molecule has 5 heteroatoms. The Balaban J connectivity index is 1.78. The summed E-state index contributed by atoms with van der Waals surface area (Å²) in [5, 5.41) is 0.126. The number of thioether (sulfide) groups is 1. The van der Waals surface area contributed by atoms with E-state index in [0.717, 1.165) is 30.8 Å². The molecule has 2 heterocycles. The zero-order valence-electron chi connectivity index (χ0n) is 11.0. The van der Waals surface area contributed by atoms with Gasteiger partial charge in [0.2, 0.25) is 5.91 Å². The van der Waals surface area contributed by atoms with E-state index in [1.54, 1.807) is 13.1 Å². The molecule has 1 atom stereocenters. The minimum Gasteiger partial charge on any atom is -0.342 e. The molecule has 1 unspecified atom stereocenters. The highest BCUT2D eigenvalue weighted by Gasteiger charge is 2.29. The highest BCUT2D eigenvalue weighted by molar-refractivity contribution is 8.13. The lowest BCUT2D eigenvalue weighted by Crippen LogP contribution is -2.27. The van der Waals surface area contributed by atoms with Crippen LogP contribution in [0.3, 0.4) is 0 Å². The van der Waals surface area contributed by atoms with E-state index in [1.165, 1.54) is 11.8 Å². The molecule has 1 aliphatic heterocycles. The average molecular weight is 278 g/mol. The average Bonchev–Trinajstić information content (AvgIpc) is 2.76. The first-order valence-corrected chi connectivity index (χ1v) is 7.43. The Morgan fingerprint density at radius 3 is 3.11 bits per heavy atom. The summed E-state index contributed by atoms with van der Waals surface area (Å²) in [6.07, 6.45) is 5.00. The minimum absolute atomic E-state index is 0.126. The molecule has 102 valence electrons. The van der Waals surface area contributed by atoms with Crippen LogP contribution >= 0.6 is 11.8 Å². The van der Waals surface area contributed by atoms with Crippen LogP contribution in [0.2, 0.25) is 0 Å². The number of likely N-dealkylation sites (tertiary alicyclic amines) is 1. The van der Waals surface area contributed by atoms with E-state index in [0.29, 0.717) is 12.3 Å². The van der Waals surface area contributed by atoms with E-state index < -0.39 is 0 Å². The monoisotopic (exact) mass is 278 g/mol. The first-order valence-electron chi connectivity index (χ1n) is 6.45. The van der Waals surface area contributed by atoms with Gasteiger partial charge in [-0.05, 0) is 24.0 Å². The highest BCUT2D eigenvalue weighted by Crippen LogP contribution is 2.22. The second-order valence-electron chi connectivity index (χ2n) is 4.82. The highest BCUT2D eigenvalue weighted by atomic mass is 32.2. The van der Waals surface area contributed by atoms with Crippen LogP contribution in [0, 0.1) is 5.92 Å². The standard InChI is InChI=1S/C14H18N2O2S/c1-11(17)19-10-13-7-14(18)16(9-13)6-4-12-3-2-5-15-8-12/h2-3,5,8,13H,4,6-7,9-10H2,1H3. The lowest BCUT2D eigenvalue weighted by atomic mass is 10.1. The molecule has 0 radical (unpaired) electrons. The van der Waals surface area contributed by atoms with E-state index in [4.69, 9.17) is 0 Å². The van der Waals surface area contributed by atoms with Crippen molar-refractivity contribution in [2.45, 2.75) is 19.8 Å². The number of pyridine rings is 1. The summed E-state index contributed by atoms with van der Waals surface area (Å²) in [5.74, 6) is 1.28. The number of hydrogen-bond donors (Lipinski definition) is 0. The summed E-state index contributed by atoms with van der Waals surface area (Å²) in [6.45, 7) is 3.09. The quantitative estimate of drug-likeness (QED) is 0.823. The van der Waals surface area contributed by atoms with Crippen LogP contribution in [0.1, 0.15) is 18.9 Å². The van der Waals surface area contributed by atoms with Crippen LogP contribution in [-0.4, -0.2) is 39.7 Å². The lowest BCUT2D eigenvalue weighted by Gasteiger charge is -2.16. The molecule has 19 heavy (non-hydrogen) atoms. The lowest BCUT2D eigenvalue weighted by molar-refractivity contribution is -0.127. The summed E-state index contributed by atoms with van der Waals surface area (Å²) in [6, 6.07) is 3.93. The Kier molecular flexibility index (Phi) is 4.96. The second-order valence-corrected chi connectivity index (χ2v) is 6.02. The third-order valence-electron chi connectivity index (χ3n) is 3.21. The number of nitrogens with zero attached hydrogens (tertiary/aromatic N) is 2. The molecule has 1 fully saturated rings. The zero-order chi connectivity index (χ0) is 13.7. The Bertz CT molecular complexity index is 450. The van der Waals surface area contributed by atoms with Gasteiger partial charge in [0.15, 0.2) is 5.12 Å². The van der Waals surface area contributed by atoms with Gasteiger partial charge in [0, 0.05) is 44.6 Å². The molecule has 1 saturated heterocycles. The fraction of sp³-hybridized carbons (Fsp3) is 0.500. The number of carbonyl (C=O) groups is 2. The van der Waals surface area contributed by atoms with Gasteiger partial charge in [-0.15, -0.1) is 0 Å². The molecular formula is C14H18N2O2S.